The number of hydrogen-bond acceptors (Lipinski definition) is 5. The highest BCUT2D eigenvalue weighted by Crippen LogP contribution is 2.29. The zero-order valence-corrected chi connectivity index (χ0v) is 17.9. The smallest absolute Gasteiger partial charge is 0.303 e. The number of nitrogens with zero attached hydrogens (tertiary/aromatic N) is 4. The van der Waals surface area contributed by atoms with Crippen LogP contribution in [0.1, 0.15) is 24.8 Å². The molecule has 2 saturated heterocycles. The highest BCUT2D eigenvalue weighted by Gasteiger charge is 2.35. The summed E-state index contributed by atoms with van der Waals surface area (Å²) in [4.78, 5) is 22.4. The number of para-hydroxylation sites is 1. The number of carbonyl (C=O) groups is 1. The van der Waals surface area contributed by atoms with Crippen molar-refractivity contribution in [3.8, 4) is 0 Å². The van der Waals surface area contributed by atoms with Crippen LogP contribution in [0, 0.1) is 11.7 Å². The molecule has 1 aromatic heterocycles. The van der Waals surface area contributed by atoms with Crippen LogP contribution >= 0.6 is 0 Å². The minimum atomic E-state index is -0.727. The maximum absolute atomic E-state index is 14.2. The first-order valence-corrected chi connectivity index (χ1v) is 11.2. The lowest BCUT2D eigenvalue weighted by atomic mass is 9.86. The highest BCUT2D eigenvalue weighted by molar-refractivity contribution is 5.66. The highest BCUT2D eigenvalue weighted by atomic mass is 19.1. The Bertz CT molecular complexity index is 858. The fourth-order valence-corrected chi connectivity index (χ4v) is 5.06. The molecule has 1 N–H and O–H groups in total. The minimum absolute atomic E-state index is 0.167. The van der Waals surface area contributed by atoms with Crippen LogP contribution in [-0.4, -0.2) is 71.2 Å². The van der Waals surface area contributed by atoms with E-state index in [9.17, 15) is 14.3 Å². The standard InChI is InChI=1S/C24H31FN4O2/c25-21-3-1-2-4-23(21)29-15-13-28(14-16-29)22-9-12-27(17-19-7-10-26-11-8-19)18-20(22)5-6-24(30)31/h1-4,7-8,10-11,20,22H,5-6,9,12-18H2,(H,30,31)/t20-,22+/m1/s1. The van der Waals surface area contributed by atoms with Gasteiger partial charge in [-0.3, -0.25) is 19.6 Å². The van der Waals surface area contributed by atoms with E-state index in [0.29, 0.717) is 24.1 Å². The molecule has 31 heavy (non-hydrogen) atoms. The fourth-order valence-electron chi connectivity index (χ4n) is 5.06. The van der Waals surface area contributed by atoms with Crippen LogP contribution in [0.25, 0.3) is 0 Å². The molecule has 0 aliphatic carbocycles. The van der Waals surface area contributed by atoms with Gasteiger partial charge in [0, 0.05) is 64.1 Å². The Morgan fingerprint density at radius 2 is 1.81 bits per heavy atom. The van der Waals surface area contributed by atoms with Crippen molar-refractivity contribution in [2.75, 3.05) is 44.2 Å². The molecular weight excluding hydrogens is 395 g/mol. The predicted molar refractivity (Wildman–Crippen MR) is 118 cm³/mol. The van der Waals surface area contributed by atoms with Crippen LogP contribution < -0.4 is 4.90 Å². The maximum Gasteiger partial charge on any atom is 0.303 e. The molecule has 2 atom stereocenters. The molecule has 2 fully saturated rings. The monoisotopic (exact) mass is 426 g/mol. The molecule has 6 nitrogen and oxygen atoms in total. The van der Waals surface area contributed by atoms with E-state index < -0.39 is 5.97 Å². The number of piperidine rings is 1. The molecule has 0 unspecified atom stereocenters. The topological polar surface area (TPSA) is 59.9 Å². The van der Waals surface area contributed by atoms with Crippen molar-refractivity contribution in [3.05, 3.63) is 60.2 Å². The van der Waals surface area contributed by atoms with Gasteiger partial charge in [0.25, 0.3) is 0 Å². The average molecular weight is 427 g/mol. The molecule has 3 heterocycles. The Morgan fingerprint density at radius 3 is 2.52 bits per heavy atom. The SMILES string of the molecule is O=C(O)CC[C@@H]1CN(Cc2ccncc2)CC[C@@H]1N1CCN(c2ccccc2F)CC1. The second kappa shape index (κ2) is 10.2. The van der Waals surface area contributed by atoms with Gasteiger partial charge < -0.3 is 10.0 Å². The van der Waals surface area contributed by atoms with Crippen molar-refractivity contribution in [1.29, 1.82) is 0 Å². The van der Waals surface area contributed by atoms with E-state index in [4.69, 9.17) is 0 Å². The number of carboxylic acid groups (broad SMARTS) is 1. The maximum atomic E-state index is 14.2. The van der Waals surface area contributed by atoms with Crippen molar-refractivity contribution in [2.24, 2.45) is 5.92 Å². The molecule has 2 aromatic rings. The average Bonchev–Trinajstić information content (AvgIpc) is 2.79. The van der Waals surface area contributed by atoms with Crippen LogP contribution in [0.5, 0.6) is 0 Å². The summed E-state index contributed by atoms with van der Waals surface area (Å²) in [5.74, 6) is -0.569. The van der Waals surface area contributed by atoms with Gasteiger partial charge in [-0.05, 0) is 55.1 Å². The van der Waals surface area contributed by atoms with E-state index in [1.54, 1.807) is 6.07 Å². The summed E-state index contributed by atoms with van der Waals surface area (Å²) in [6, 6.07) is 11.4. The van der Waals surface area contributed by atoms with Gasteiger partial charge in [-0.2, -0.15) is 0 Å². The summed E-state index contributed by atoms with van der Waals surface area (Å²) in [6.07, 6.45) is 5.58. The van der Waals surface area contributed by atoms with Gasteiger partial charge in [0.05, 0.1) is 5.69 Å². The van der Waals surface area contributed by atoms with Crippen LogP contribution in [0.3, 0.4) is 0 Å². The van der Waals surface area contributed by atoms with Gasteiger partial charge in [-0.1, -0.05) is 12.1 Å². The van der Waals surface area contributed by atoms with Crippen LogP contribution in [0.15, 0.2) is 48.8 Å². The van der Waals surface area contributed by atoms with Gasteiger partial charge in [0.15, 0.2) is 0 Å². The van der Waals surface area contributed by atoms with E-state index in [1.807, 2.05) is 36.7 Å². The second-order valence-electron chi connectivity index (χ2n) is 8.61. The number of piperazine rings is 1. The molecule has 0 saturated carbocycles. The zero-order chi connectivity index (χ0) is 21.6. The molecule has 1 aromatic carbocycles. The lowest BCUT2D eigenvalue weighted by molar-refractivity contribution is -0.137. The van der Waals surface area contributed by atoms with Crippen molar-refractivity contribution >= 4 is 11.7 Å². The number of halogens is 1. The first kappa shape index (κ1) is 21.7. The Balaban J connectivity index is 1.38. The largest absolute Gasteiger partial charge is 0.481 e. The zero-order valence-electron chi connectivity index (χ0n) is 17.9. The van der Waals surface area contributed by atoms with Crippen molar-refractivity contribution in [1.82, 2.24) is 14.8 Å². The lowest BCUT2D eigenvalue weighted by Crippen LogP contribution is -2.56. The summed E-state index contributed by atoms with van der Waals surface area (Å²) in [5.41, 5.74) is 1.92. The van der Waals surface area contributed by atoms with Gasteiger partial charge >= 0.3 is 5.97 Å². The summed E-state index contributed by atoms with van der Waals surface area (Å²) < 4.78 is 14.2. The number of carboxylic acids is 1. The van der Waals surface area contributed by atoms with Crippen LogP contribution in [0.2, 0.25) is 0 Å². The molecule has 2 aliphatic rings. The first-order chi connectivity index (χ1) is 15.1. The number of aliphatic carboxylic acids is 1. The lowest BCUT2D eigenvalue weighted by Gasteiger charge is -2.47. The third kappa shape index (κ3) is 5.60. The molecule has 0 amide bonds. The summed E-state index contributed by atoms with van der Waals surface area (Å²) in [7, 11) is 0. The summed E-state index contributed by atoms with van der Waals surface area (Å²) >= 11 is 0. The molecule has 166 valence electrons. The number of anilines is 1. The number of likely N-dealkylation sites (tertiary alicyclic amines) is 1. The van der Waals surface area contributed by atoms with E-state index in [-0.39, 0.29) is 12.2 Å². The molecule has 0 bridgehead atoms. The Labute approximate surface area is 183 Å². The van der Waals surface area contributed by atoms with E-state index in [2.05, 4.69) is 19.7 Å². The Morgan fingerprint density at radius 1 is 1.06 bits per heavy atom. The van der Waals surface area contributed by atoms with E-state index >= 15 is 0 Å². The van der Waals surface area contributed by atoms with Gasteiger partial charge in [0.2, 0.25) is 0 Å². The number of rotatable bonds is 7. The molecule has 0 spiro atoms. The summed E-state index contributed by atoms with van der Waals surface area (Å²) in [5, 5.41) is 9.25. The van der Waals surface area contributed by atoms with Crippen molar-refractivity contribution in [3.63, 3.8) is 0 Å². The molecule has 4 rings (SSSR count). The third-order valence-electron chi connectivity index (χ3n) is 6.64. The number of pyridine rings is 1. The third-order valence-corrected chi connectivity index (χ3v) is 6.64. The minimum Gasteiger partial charge on any atom is -0.481 e. The molecule has 0 radical (unpaired) electrons. The van der Waals surface area contributed by atoms with E-state index in [0.717, 1.165) is 52.2 Å². The Kier molecular flexibility index (Phi) is 7.14. The fraction of sp³-hybridized carbons (Fsp3) is 0.500. The summed E-state index contributed by atoms with van der Waals surface area (Å²) in [6.45, 7) is 6.14. The van der Waals surface area contributed by atoms with E-state index in [1.165, 1.54) is 11.6 Å². The van der Waals surface area contributed by atoms with Crippen molar-refractivity contribution < 1.29 is 14.3 Å². The van der Waals surface area contributed by atoms with Crippen LogP contribution in [0.4, 0.5) is 10.1 Å². The normalized spacial score (nSPS) is 23.1. The van der Waals surface area contributed by atoms with Gasteiger partial charge in [-0.15, -0.1) is 0 Å². The Hall–Kier alpha value is -2.51. The number of benzene rings is 1. The predicted octanol–water partition coefficient (Wildman–Crippen LogP) is 3.10. The van der Waals surface area contributed by atoms with Gasteiger partial charge in [-0.25, -0.2) is 4.39 Å². The van der Waals surface area contributed by atoms with Gasteiger partial charge in [0.1, 0.15) is 5.82 Å². The first-order valence-electron chi connectivity index (χ1n) is 11.2. The second-order valence-corrected chi connectivity index (χ2v) is 8.61. The molecule has 7 heteroatoms. The number of hydrogen-bond donors (Lipinski definition) is 1. The van der Waals surface area contributed by atoms with Crippen molar-refractivity contribution in [2.45, 2.75) is 31.8 Å². The molecular formula is C24H31FN4O2. The molecule has 2 aliphatic heterocycles. The quantitative estimate of drug-likeness (QED) is 0.734. The number of aromatic nitrogens is 1. The van der Waals surface area contributed by atoms with Crippen LogP contribution in [-0.2, 0) is 11.3 Å².